The van der Waals surface area contributed by atoms with Crippen LogP contribution in [-0.4, -0.2) is 7.11 Å². The van der Waals surface area contributed by atoms with Crippen molar-refractivity contribution in [2.75, 3.05) is 7.11 Å². The maximum atomic E-state index is 5.16. The van der Waals surface area contributed by atoms with E-state index in [4.69, 9.17) is 4.74 Å². The zero-order valence-electron chi connectivity index (χ0n) is 7.34. The Bertz CT molecular complexity index is 263. The van der Waals surface area contributed by atoms with Crippen LogP contribution in [0.4, 0.5) is 0 Å². The Kier molecular flexibility index (Phi) is 2.03. The maximum absolute atomic E-state index is 5.16. The molecule has 1 aromatic carbocycles. The van der Waals surface area contributed by atoms with Crippen LogP contribution in [0, 0.1) is 5.92 Å². The van der Waals surface area contributed by atoms with Crippen molar-refractivity contribution >= 4 is 0 Å². The van der Waals surface area contributed by atoms with Crippen LogP contribution in [0.1, 0.15) is 24.8 Å². The van der Waals surface area contributed by atoms with Gasteiger partial charge in [-0.05, 0) is 30.5 Å². The molecule has 0 amide bonds. The van der Waals surface area contributed by atoms with Gasteiger partial charge in [-0.25, -0.2) is 0 Å². The van der Waals surface area contributed by atoms with Crippen molar-refractivity contribution in [3.05, 3.63) is 35.7 Å². The fourth-order valence-electron chi connectivity index (χ4n) is 1.49. The number of hydrogen-bond donors (Lipinski definition) is 0. The fourth-order valence-corrected chi connectivity index (χ4v) is 1.49. The average Bonchev–Trinajstić information content (AvgIpc) is 2.02. The number of methoxy groups -OCH3 is 1. The lowest BCUT2D eigenvalue weighted by Crippen LogP contribution is -2.09. The number of hydrogen-bond acceptors (Lipinski definition) is 1. The first-order valence-electron chi connectivity index (χ1n) is 4.39. The van der Waals surface area contributed by atoms with E-state index < -0.39 is 0 Å². The van der Waals surface area contributed by atoms with E-state index in [0.717, 1.165) is 5.75 Å². The monoisotopic (exact) mass is 161 g/mol. The summed E-state index contributed by atoms with van der Waals surface area (Å²) in [6.45, 7) is 0. The summed E-state index contributed by atoms with van der Waals surface area (Å²) in [7, 11) is 1.71. The fraction of sp³-hybridized carbons (Fsp3) is 0.364. The minimum atomic E-state index is 0.965. The molecule has 0 atom stereocenters. The molecule has 0 spiro atoms. The van der Waals surface area contributed by atoms with E-state index in [9.17, 15) is 0 Å². The molecule has 63 valence electrons. The zero-order valence-corrected chi connectivity index (χ0v) is 7.34. The van der Waals surface area contributed by atoms with Gasteiger partial charge in [0, 0.05) is 5.92 Å². The van der Waals surface area contributed by atoms with Gasteiger partial charge < -0.3 is 4.74 Å². The molecule has 1 saturated carbocycles. The summed E-state index contributed by atoms with van der Waals surface area (Å²) in [5.41, 5.74) is 1.36. The molecule has 0 N–H and O–H groups in total. The third kappa shape index (κ3) is 1.31. The highest BCUT2D eigenvalue weighted by atomic mass is 16.5. The molecule has 0 heterocycles. The van der Waals surface area contributed by atoms with E-state index in [-0.39, 0.29) is 0 Å². The van der Waals surface area contributed by atoms with Crippen LogP contribution in [0.2, 0.25) is 0 Å². The molecule has 2 rings (SSSR count). The summed E-state index contributed by atoms with van der Waals surface area (Å²) in [6.07, 6.45) is 3.90. The van der Waals surface area contributed by atoms with E-state index in [0.29, 0.717) is 0 Å². The first-order valence-corrected chi connectivity index (χ1v) is 4.39. The minimum Gasteiger partial charge on any atom is -0.497 e. The summed E-state index contributed by atoms with van der Waals surface area (Å²) in [6, 6.07) is 8.33. The summed E-state index contributed by atoms with van der Waals surface area (Å²) < 4.78 is 5.16. The molecule has 0 aromatic heterocycles. The molecule has 0 saturated heterocycles. The molecule has 1 aromatic rings. The summed E-state index contributed by atoms with van der Waals surface area (Å²) >= 11 is 0. The van der Waals surface area contributed by atoms with Gasteiger partial charge in [-0.3, -0.25) is 0 Å². The molecule has 12 heavy (non-hydrogen) atoms. The van der Waals surface area contributed by atoms with Crippen molar-refractivity contribution in [2.24, 2.45) is 0 Å². The quantitative estimate of drug-likeness (QED) is 0.648. The van der Waals surface area contributed by atoms with Crippen molar-refractivity contribution in [1.82, 2.24) is 0 Å². The van der Waals surface area contributed by atoms with Gasteiger partial charge in [0.2, 0.25) is 0 Å². The van der Waals surface area contributed by atoms with Crippen molar-refractivity contribution in [3.63, 3.8) is 0 Å². The lowest BCUT2D eigenvalue weighted by molar-refractivity contribution is 0.414. The van der Waals surface area contributed by atoms with E-state index in [2.05, 4.69) is 18.2 Å². The zero-order chi connectivity index (χ0) is 8.39. The molecule has 1 nitrogen and oxygen atoms in total. The van der Waals surface area contributed by atoms with Crippen molar-refractivity contribution in [3.8, 4) is 5.75 Å². The molecule has 0 aliphatic heterocycles. The highest BCUT2D eigenvalue weighted by Gasteiger charge is 2.20. The van der Waals surface area contributed by atoms with Crippen LogP contribution in [0.5, 0.6) is 5.75 Å². The van der Waals surface area contributed by atoms with Gasteiger partial charge in [0.1, 0.15) is 5.75 Å². The Morgan fingerprint density at radius 2 is 2.08 bits per heavy atom. The van der Waals surface area contributed by atoms with Crippen LogP contribution >= 0.6 is 0 Å². The lowest BCUT2D eigenvalue weighted by atomic mass is 9.80. The first-order chi connectivity index (χ1) is 5.90. The molecular weight excluding hydrogens is 148 g/mol. The van der Waals surface area contributed by atoms with Crippen LogP contribution in [0.15, 0.2) is 24.3 Å². The van der Waals surface area contributed by atoms with Crippen molar-refractivity contribution < 1.29 is 4.74 Å². The highest BCUT2D eigenvalue weighted by molar-refractivity contribution is 5.39. The standard InChI is InChI=1S/C11H13O/c1-12-11-7-3-6-10(8-11)9-4-2-5-9/h3,6-8H,2,4-5H2,1H3. The van der Waals surface area contributed by atoms with Crippen LogP contribution in [0.3, 0.4) is 0 Å². The normalized spacial score (nSPS) is 17.1. The number of benzene rings is 1. The second-order valence-corrected chi connectivity index (χ2v) is 3.19. The van der Waals surface area contributed by atoms with E-state index in [1.807, 2.05) is 6.07 Å². The minimum absolute atomic E-state index is 0.965. The van der Waals surface area contributed by atoms with Crippen molar-refractivity contribution in [2.45, 2.75) is 19.3 Å². The predicted octanol–water partition coefficient (Wildman–Crippen LogP) is 2.80. The molecule has 1 heteroatoms. The smallest absolute Gasteiger partial charge is 0.119 e. The Labute approximate surface area is 73.4 Å². The number of ether oxygens (including phenoxy) is 1. The van der Waals surface area contributed by atoms with Crippen LogP contribution in [0.25, 0.3) is 0 Å². The second-order valence-electron chi connectivity index (χ2n) is 3.19. The van der Waals surface area contributed by atoms with E-state index in [1.54, 1.807) is 13.0 Å². The van der Waals surface area contributed by atoms with Gasteiger partial charge in [0.25, 0.3) is 0 Å². The Hall–Kier alpha value is -0.980. The van der Waals surface area contributed by atoms with E-state index in [1.165, 1.54) is 24.8 Å². The van der Waals surface area contributed by atoms with Crippen LogP contribution < -0.4 is 4.74 Å². The molecule has 0 unspecified atom stereocenters. The van der Waals surface area contributed by atoms with E-state index >= 15 is 0 Å². The topological polar surface area (TPSA) is 9.23 Å². The van der Waals surface area contributed by atoms with Gasteiger partial charge >= 0.3 is 0 Å². The van der Waals surface area contributed by atoms with Gasteiger partial charge in [0.05, 0.1) is 7.11 Å². The third-order valence-corrected chi connectivity index (χ3v) is 2.44. The summed E-state index contributed by atoms with van der Waals surface area (Å²) in [5.74, 6) is 2.54. The van der Waals surface area contributed by atoms with Gasteiger partial charge in [-0.15, -0.1) is 0 Å². The Balaban J connectivity index is 2.19. The molecule has 0 bridgehead atoms. The van der Waals surface area contributed by atoms with Crippen molar-refractivity contribution in [1.29, 1.82) is 0 Å². The number of rotatable bonds is 2. The largest absolute Gasteiger partial charge is 0.497 e. The molecule has 1 fully saturated rings. The Morgan fingerprint density at radius 1 is 1.25 bits per heavy atom. The second kappa shape index (κ2) is 3.18. The average molecular weight is 161 g/mol. The highest BCUT2D eigenvalue weighted by Crippen LogP contribution is 2.36. The van der Waals surface area contributed by atoms with Gasteiger partial charge in [-0.2, -0.15) is 0 Å². The third-order valence-electron chi connectivity index (χ3n) is 2.44. The van der Waals surface area contributed by atoms with Gasteiger partial charge in [0.15, 0.2) is 0 Å². The predicted molar refractivity (Wildman–Crippen MR) is 49.2 cm³/mol. The molecular formula is C11H13O. The molecule has 1 radical (unpaired) electrons. The Morgan fingerprint density at radius 3 is 2.67 bits per heavy atom. The lowest BCUT2D eigenvalue weighted by Gasteiger charge is -2.25. The molecule has 1 aliphatic rings. The van der Waals surface area contributed by atoms with Gasteiger partial charge in [-0.1, -0.05) is 18.6 Å². The maximum Gasteiger partial charge on any atom is 0.119 e. The van der Waals surface area contributed by atoms with Crippen LogP contribution in [-0.2, 0) is 0 Å². The molecule has 1 aliphatic carbocycles. The first kappa shape index (κ1) is 7.66. The summed E-state index contributed by atoms with van der Waals surface area (Å²) in [4.78, 5) is 0. The SMILES string of the molecule is COc1cccc([C]2CCC2)c1. The summed E-state index contributed by atoms with van der Waals surface area (Å²) in [5, 5.41) is 0.